The Balaban J connectivity index is 2.09. The highest BCUT2D eigenvalue weighted by atomic mass is 16.5. The van der Waals surface area contributed by atoms with Crippen LogP contribution in [-0.2, 0) is 9.47 Å². The van der Waals surface area contributed by atoms with Gasteiger partial charge in [0.1, 0.15) is 0 Å². The van der Waals surface area contributed by atoms with Crippen molar-refractivity contribution in [1.82, 2.24) is 20.4 Å². The molecule has 1 heterocycles. The highest BCUT2D eigenvalue weighted by Crippen LogP contribution is 2.15. The lowest BCUT2D eigenvalue weighted by Crippen LogP contribution is -2.33. The lowest BCUT2D eigenvalue weighted by molar-refractivity contribution is 0.0577. The first kappa shape index (κ1) is 14.6. The Morgan fingerprint density at radius 1 is 1.30 bits per heavy atom. The van der Waals surface area contributed by atoms with E-state index in [0.29, 0.717) is 19.8 Å². The van der Waals surface area contributed by atoms with Crippen LogP contribution in [0.15, 0.2) is 36.5 Å². The summed E-state index contributed by atoms with van der Waals surface area (Å²) in [5.74, 6) is 5.60. The number of aromatic nitrogens is 3. The number of nitrogens with one attached hydrogen (secondary N) is 1. The molecule has 7 nitrogen and oxygen atoms in total. The molecule has 0 aliphatic rings. The van der Waals surface area contributed by atoms with Crippen LogP contribution in [0, 0.1) is 0 Å². The molecular weight excluding hydrogens is 258 g/mol. The van der Waals surface area contributed by atoms with Crippen molar-refractivity contribution < 1.29 is 9.47 Å². The maximum atomic E-state index is 5.60. The van der Waals surface area contributed by atoms with Crippen molar-refractivity contribution in [2.45, 2.75) is 6.04 Å². The zero-order valence-electron chi connectivity index (χ0n) is 11.4. The first-order chi connectivity index (χ1) is 9.86. The van der Waals surface area contributed by atoms with Crippen LogP contribution in [0.1, 0.15) is 11.7 Å². The van der Waals surface area contributed by atoms with Gasteiger partial charge in [0.05, 0.1) is 43.4 Å². The second kappa shape index (κ2) is 7.71. The van der Waals surface area contributed by atoms with Crippen molar-refractivity contribution in [1.29, 1.82) is 0 Å². The summed E-state index contributed by atoms with van der Waals surface area (Å²) in [6, 6.07) is 9.56. The van der Waals surface area contributed by atoms with Gasteiger partial charge in [-0.15, -0.1) is 5.10 Å². The number of benzene rings is 1. The molecule has 2 aromatic rings. The van der Waals surface area contributed by atoms with Crippen LogP contribution < -0.4 is 11.3 Å². The first-order valence-electron chi connectivity index (χ1n) is 6.35. The number of rotatable bonds is 8. The van der Waals surface area contributed by atoms with Gasteiger partial charge in [-0.3, -0.25) is 5.84 Å². The zero-order chi connectivity index (χ0) is 14.2. The molecule has 0 bridgehead atoms. The van der Waals surface area contributed by atoms with Gasteiger partial charge in [0.15, 0.2) is 0 Å². The van der Waals surface area contributed by atoms with Crippen molar-refractivity contribution in [2.24, 2.45) is 5.84 Å². The summed E-state index contributed by atoms with van der Waals surface area (Å²) < 4.78 is 12.2. The van der Waals surface area contributed by atoms with Gasteiger partial charge in [-0.05, 0) is 12.1 Å². The molecule has 0 aliphatic heterocycles. The second-order valence-electron chi connectivity index (χ2n) is 4.19. The molecular formula is C13H19N5O2. The van der Waals surface area contributed by atoms with Gasteiger partial charge in [-0.25, -0.2) is 10.1 Å². The minimum Gasteiger partial charge on any atom is -0.382 e. The highest BCUT2D eigenvalue weighted by molar-refractivity contribution is 5.32. The van der Waals surface area contributed by atoms with Gasteiger partial charge in [0, 0.05) is 7.11 Å². The van der Waals surface area contributed by atoms with Crippen LogP contribution in [0.3, 0.4) is 0 Å². The molecule has 108 valence electrons. The monoisotopic (exact) mass is 277 g/mol. The number of methoxy groups -OCH3 is 1. The van der Waals surface area contributed by atoms with Gasteiger partial charge >= 0.3 is 0 Å². The molecule has 0 radical (unpaired) electrons. The average molecular weight is 277 g/mol. The lowest BCUT2D eigenvalue weighted by Gasteiger charge is -2.17. The van der Waals surface area contributed by atoms with Crippen LogP contribution in [0.2, 0.25) is 0 Å². The Morgan fingerprint density at radius 3 is 2.80 bits per heavy atom. The average Bonchev–Trinajstić information content (AvgIpc) is 2.98. The second-order valence-corrected chi connectivity index (χ2v) is 4.19. The summed E-state index contributed by atoms with van der Waals surface area (Å²) >= 11 is 0. The molecule has 0 amide bonds. The van der Waals surface area contributed by atoms with E-state index in [2.05, 4.69) is 15.7 Å². The number of hydrogen-bond acceptors (Lipinski definition) is 6. The summed E-state index contributed by atoms with van der Waals surface area (Å²) in [6.07, 6.45) is 1.68. The summed E-state index contributed by atoms with van der Waals surface area (Å²) in [5, 5.41) is 8.04. The summed E-state index contributed by atoms with van der Waals surface area (Å²) in [5.41, 5.74) is 4.50. The topological polar surface area (TPSA) is 87.2 Å². The van der Waals surface area contributed by atoms with Gasteiger partial charge in [-0.2, -0.15) is 0 Å². The van der Waals surface area contributed by atoms with Gasteiger partial charge in [0.25, 0.3) is 0 Å². The largest absolute Gasteiger partial charge is 0.382 e. The summed E-state index contributed by atoms with van der Waals surface area (Å²) in [7, 11) is 1.64. The Labute approximate surface area is 117 Å². The Morgan fingerprint density at radius 2 is 2.10 bits per heavy atom. The van der Waals surface area contributed by atoms with Gasteiger partial charge < -0.3 is 9.47 Å². The maximum absolute atomic E-state index is 5.60. The van der Waals surface area contributed by atoms with Gasteiger partial charge in [-0.1, -0.05) is 23.4 Å². The number of para-hydroxylation sites is 1. The fraction of sp³-hybridized carbons (Fsp3) is 0.385. The quantitative estimate of drug-likeness (QED) is 0.413. The normalized spacial score (nSPS) is 12.5. The third-order valence-electron chi connectivity index (χ3n) is 2.85. The van der Waals surface area contributed by atoms with Crippen LogP contribution in [-0.4, -0.2) is 41.9 Å². The summed E-state index contributed by atoms with van der Waals surface area (Å²) in [4.78, 5) is 0. The van der Waals surface area contributed by atoms with E-state index >= 15 is 0 Å². The SMILES string of the molecule is COCCOCC(NN)c1cnnn1-c1ccccc1. The van der Waals surface area contributed by atoms with Crippen molar-refractivity contribution in [2.75, 3.05) is 26.9 Å². The number of hydrogen-bond donors (Lipinski definition) is 2. The highest BCUT2D eigenvalue weighted by Gasteiger charge is 2.17. The molecule has 2 rings (SSSR count). The van der Waals surface area contributed by atoms with Crippen molar-refractivity contribution in [3.8, 4) is 5.69 Å². The van der Waals surface area contributed by atoms with Crippen LogP contribution >= 0.6 is 0 Å². The molecule has 1 aromatic carbocycles. The maximum Gasteiger partial charge on any atom is 0.0883 e. The van der Waals surface area contributed by atoms with E-state index in [0.717, 1.165) is 11.4 Å². The van der Waals surface area contributed by atoms with Crippen molar-refractivity contribution >= 4 is 0 Å². The standard InChI is InChI=1S/C13H19N5O2/c1-19-7-8-20-10-12(16-14)13-9-15-17-18(13)11-5-3-2-4-6-11/h2-6,9,12,16H,7-8,10,14H2,1H3. The van der Waals surface area contributed by atoms with E-state index in [4.69, 9.17) is 15.3 Å². The number of nitrogens with zero attached hydrogens (tertiary/aromatic N) is 3. The molecule has 0 saturated carbocycles. The van der Waals surface area contributed by atoms with Crippen molar-refractivity contribution in [3.05, 3.63) is 42.2 Å². The predicted octanol–water partition coefficient (Wildman–Crippen LogP) is 0.435. The number of ether oxygens (including phenoxy) is 2. The molecule has 0 aliphatic carbocycles. The smallest absolute Gasteiger partial charge is 0.0883 e. The van der Waals surface area contributed by atoms with Gasteiger partial charge in [0.2, 0.25) is 0 Å². The number of hydrazine groups is 1. The van der Waals surface area contributed by atoms with E-state index in [-0.39, 0.29) is 6.04 Å². The fourth-order valence-electron chi connectivity index (χ4n) is 1.81. The van der Waals surface area contributed by atoms with E-state index in [1.165, 1.54) is 0 Å². The third kappa shape index (κ3) is 3.61. The molecule has 1 aromatic heterocycles. The molecule has 0 fully saturated rings. The fourth-order valence-corrected chi connectivity index (χ4v) is 1.81. The molecule has 3 N–H and O–H groups in total. The molecule has 1 atom stereocenters. The zero-order valence-corrected chi connectivity index (χ0v) is 11.4. The van der Waals surface area contributed by atoms with E-state index < -0.39 is 0 Å². The number of nitrogens with two attached hydrogens (primary N) is 1. The Hall–Kier alpha value is -1.80. The van der Waals surface area contributed by atoms with Crippen molar-refractivity contribution in [3.63, 3.8) is 0 Å². The van der Waals surface area contributed by atoms with E-state index in [1.54, 1.807) is 18.0 Å². The lowest BCUT2D eigenvalue weighted by atomic mass is 10.2. The van der Waals surface area contributed by atoms with E-state index in [9.17, 15) is 0 Å². The molecule has 7 heteroatoms. The third-order valence-corrected chi connectivity index (χ3v) is 2.85. The van der Waals surface area contributed by atoms with Crippen LogP contribution in [0.5, 0.6) is 0 Å². The summed E-state index contributed by atoms with van der Waals surface area (Å²) in [6.45, 7) is 1.48. The van der Waals surface area contributed by atoms with Crippen LogP contribution in [0.25, 0.3) is 5.69 Å². The molecule has 0 saturated heterocycles. The minimum absolute atomic E-state index is 0.193. The molecule has 0 spiro atoms. The Kier molecular flexibility index (Phi) is 5.63. The predicted molar refractivity (Wildman–Crippen MR) is 74.1 cm³/mol. The van der Waals surface area contributed by atoms with E-state index in [1.807, 2.05) is 30.3 Å². The first-order valence-corrected chi connectivity index (χ1v) is 6.35. The molecule has 20 heavy (non-hydrogen) atoms. The van der Waals surface area contributed by atoms with Crippen LogP contribution in [0.4, 0.5) is 0 Å². The molecule has 1 unspecified atom stereocenters. The minimum atomic E-state index is -0.193. The Bertz CT molecular complexity index is 502.